The van der Waals surface area contributed by atoms with Crippen LogP contribution < -0.4 is 5.32 Å². The molecule has 1 amide bonds. The van der Waals surface area contributed by atoms with Gasteiger partial charge >= 0.3 is 23.9 Å². The van der Waals surface area contributed by atoms with Gasteiger partial charge < -0.3 is 29.0 Å². The molecule has 1 aromatic rings. The third kappa shape index (κ3) is 8.19. The van der Waals surface area contributed by atoms with E-state index in [2.05, 4.69) is 5.32 Å². The highest BCUT2D eigenvalue weighted by molar-refractivity contribution is 5.79. The summed E-state index contributed by atoms with van der Waals surface area (Å²) in [4.78, 5) is 59.4. The van der Waals surface area contributed by atoms with Crippen molar-refractivity contribution in [3.8, 4) is 0 Å². The number of esters is 4. The fraction of sp³-hybridized carbons (Fsp3) is 0.500. The maximum absolute atomic E-state index is 12.7. The summed E-state index contributed by atoms with van der Waals surface area (Å²) in [7, 11) is 0. The Morgan fingerprint density at radius 3 is 1.94 bits per heavy atom. The molecule has 5 atom stereocenters. The Hall–Kier alpha value is -3.47. The highest BCUT2D eigenvalue weighted by Crippen LogP contribution is 2.28. The smallest absolute Gasteiger partial charge is 0.305 e. The number of hydrogen-bond acceptors (Lipinski definition) is 10. The van der Waals surface area contributed by atoms with Gasteiger partial charge in [-0.05, 0) is 5.56 Å². The van der Waals surface area contributed by atoms with E-state index >= 15 is 0 Å². The van der Waals surface area contributed by atoms with E-state index in [1.165, 1.54) is 6.92 Å². The van der Waals surface area contributed by atoms with Gasteiger partial charge in [-0.25, -0.2) is 0 Å². The lowest BCUT2D eigenvalue weighted by Gasteiger charge is -2.44. The number of rotatable bonds is 8. The lowest BCUT2D eigenvalue weighted by atomic mass is 9.95. The number of amides is 1. The van der Waals surface area contributed by atoms with E-state index in [-0.39, 0.29) is 13.0 Å². The number of carbonyl (C=O) groups excluding carboxylic acids is 5. The van der Waals surface area contributed by atoms with Crippen LogP contribution in [0.15, 0.2) is 30.3 Å². The summed E-state index contributed by atoms with van der Waals surface area (Å²) in [5, 5.41) is 2.65. The molecule has 0 spiro atoms. The molecule has 180 valence electrons. The zero-order chi connectivity index (χ0) is 24.5. The molecule has 33 heavy (non-hydrogen) atoms. The van der Waals surface area contributed by atoms with Crippen LogP contribution in [-0.4, -0.2) is 67.0 Å². The number of ether oxygens (including phenoxy) is 5. The van der Waals surface area contributed by atoms with Gasteiger partial charge in [-0.2, -0.15) is 0 Å². The number of benzene rings is 1. The molecule has 1 N–H and O–H groups in total. The van der Waals surface area contributed by atoms with Crippen molar-refractivity contribution in [2.45, 2.75) is 64.8 Å². The third-order valence-electron chi connectivity index (χ3n) is 4.52. The summed E-state index contributed by atoms with van der Waals surface area (Å²) >= 11 is 0. The van der Waals surface area contributed by atoms with Gasteiger partial charge in [0, 0.05) is 27.7 Å². The summed E-state index contributed by atoms with van der Waals surface area (Å²) in [6, 6.07) is 7.63. The molecule has 2 rings (SSSR count). The van der Waals surface area contributed by atoms with Crippen LogP contribution in [0.3, 0.4) is 0 Å². The van der Waals surface area contributed by atoms with E-state index in [9.17, 15) is 24.0 Å². The predicted octanol–water partition coefficient (Wildman–Crippen LogP) is 0.428. The quantitative estimate of drug-likeness (QED) is 0.424. The van der Waals surface area contributed by atoms with Crippen molar-refractivity contribution in [1.82, 2.24) is 5.32 Å². The molecule has 0 radical (unpaired) electrons. The minimum atomic E-state index is -1.42. The van der Waals surface area contributed by atoms with Crippen LogP contribution in [0.5, 0.6) is 0 Å². The third-order valence-corrected chi connectivity index (χ3v) is 4.52. The molecule has 11 nitrogen and oxygen atoms in total. The van der Waals surface area contributed by atoms with Gasteiger partial charge in [0.25, 0.3) is 0 Å². The molecule has 0 aromatic heterocycles. The summed E-state index contributed by atoms with van der Waals surface area (Å²) in [6.07, 6.45) is -5.15. The summed E-state index contributed by atoms with van der Waals surface area (Å²) < 4.78 is 26.6. The van der Waals surface area contributed by atoms with Crippen molar-refractivity contribution < 1.29 is 47.7 Å². The van der Waals surface area contributed by atoms with Gasteiger partial charge in [0.05, 0.1) is 6.42 Å². The van der Waals surface area contributed by atoms with Crippen molar-refractivity contribution in [3.63, 3.8) is 0 Å². The van der Waals surface area contributed by atoms with Crippen molar-refractivity contribution >= 4 is 29.8 Å². The maximum Gasteiger partial charge on any atom is 0.305 e. The molecule has 1 heterocycles. The van der Waals surface area contributed by atoms with Gasteiger partial charge in [0.15, 0.2) is 12.2 Å². The zero-order valence-corrected chi connectivity index (χ0v) is 18.8. The van der Waals surface area contributed by atoms with Crippen LogP contribution in [0.1, 0.15) is 33.3 Å². The molecule has 1 fully saturated rings. The second kappa shape index (κ2) is 12.0. The lowest BCUT2D eigenvalue weighted by Crippen LogP contribution is -2.67. The molecule has 1 saturated heterocycles. The van der Waals surface area contributed by atoms with E-state index in [1.807, 2.05) is 0 Å². The zero-order valence-electron chi connectivity index (χ0n) is 18.8. The van der Waals surface area contributed by atoms with Crippen LogP contribution in [0, 0.1) is 0 Å². The van der Waals surface area contributed by atoms with Gasteiger partial charge in [-0.3, -0.25) is 24.0 Å². The molecule has 1 aromatic carbocycles. The van der Waals surface area contributed by atoms with Crippen LogP contribution >= 0.6 is 0 Å². The minimum absolute atomic E-state index is 0.0218. The molecule has 0 saturated carbocycles. The number of nitrogens with one attached hydrogen (secondary N) is 1. The lowest BCUT2D eigenvalue weighted by molar-refractivity contribution is -0.271. The van der Waals surface area contributed by atoms with Gasteiger partial charge in [0.2, 0.25) is 12.2 Å². The van der Waals surface area contributed by atoms with Crippen molar-refractivity contribution in [1.29, 1.82) is 0 Å². The fourth-order valence-electron chi connectivity index (χ4n) is 3.34. The molecule has 0 bridgehead atoms. The fourth-order valence-corrected chi connectivity index (χ4v) is 3.34. The van der Waals surface area contributed by atoms with E-state index in [0.717, 1.165) is 20.8 Å². The minimum Gasteiger partial charge on any atom is -0.463 e. The Morgan fingerprint density at radius 2 is 1.39 bits per heavy atom. The summed E-state index contributed by atoms with van der Waals surface area (Å²) in [5.41, 5.74) is 0.712. The summed E-state index contributed by atoms with van der Waals surface area (Å²) in [5.74, 6) is -3.32. The van der Waals surface area contributed by atoms with E-state index in [4.69, 9.17) is 23.7 Å². The van der Waals surface area contributed by atoms with Crippen LogP contribution in [0.2, 0.25) is 0 Å². The van der Waals surface area contributed by atoms with E-state index < -0.39 is 60.4 Å². The van der Waals surface area contributed by atoms with Gasteiger partial charge in [-0.15, -0.1) is 0 Å². The first-order valence-electron chi connectivity index (χ1n) is 10.2. The molecule has 1 aliphatic heterocycles. The van der Waals surface area contributed by atoms with Gasteiger partial charge in [0.1, 0.15) is 18.8 Å². The van der Waals surface area contributed by atoms with Crippen LogP contribution in [-0.2, 0) is 54.1 Å². The molecule has 0 aliphatic carbocycles. The first-order chi connectivity index (χ1) is 15.6. The largest absolute Gasteiger partial charge is 0.463 e. The number of carbonyl (C=O) groups is 5. The highest BCUT2D eigenvalue weighted by Gasteiger charge is 2.52. The van der Waals surface area contributed by atoms with Crippen LogP contribution in [0.25, 0.3) is 0 Å². The molecule has 11 heteroatoms. The first kappa shape index (κ1) is 25.8. The molecule has 1 aliphatic rings. The monoisotopic (exact) mass is 465 g/mol. The Labute approximate surface area is 190 Å². The Bertz CT molecular complexity index is 871. The van der Waals surface area contributed by atoms with Crippen molar-refractivity contribution in [2.75, 3.05) is 6.61 Å². The van der Waals surface area contributed by atoms with Crippen molar-refractivity contribution in [2.24, 2.45) is 0 Å². The average Bonchev–Trinajstić information content (AvgIpc) is 2.70. The molecule has 2 unspecified atom stereocenters. The van der Waals surface area contributed by atoms with E-state index in [0.29, 0.717) is 5.56 Å². The Balaban J connectivity index is 2.37. The average molecular weight is 465 g/mol. The van der Waals surface area contributed by atoms with Crippen molar-refractivity contribution in [3.05, 3.63) is 35.9 Å². The summed E-state index contributed by atoms with van der Waals surface area (Å²) in [6.45, 7) is 4.18. The molecular formula is C22H27NO10. The second-order valence-corrected chi connectivity index (χ2v) is 7.36. The standard InChI is InChI=1S/C22H27NO10/c1-12(24)29-11-17-20(30-13(2)25)21(31-14(3)26)19(22(33-17)32-15(4)27)23-18(28)10-16-8-6-5-7-9-16/h5-9,17,19-22H,10-11H2,1-4H3,(H,23,28)/t17?,19-,20+,21+,22?/m0/s1. The molecular weight excluding hydrogens is 438 g/mol. The maximum atomic E-state index is 12.7. The first-order valence-corrected chi connectivity index (χ1v) is 10.2. The highest BCUT2D eigenvalue weighted by atomic mass is 16.7. The predicted molar refractivity (Wildman–Crippen MR) is 110 cm³/mol. The normalized spacial score (nSPS) is 24.2. The SMILES string of the molecule is CC(=O)OCC1OC(OC(C)=O)[C@@H](NC(=O)Cc2ccccc2)[C@@H](OC(C)=O)[C@@H]1OC(C)=O. The topological polar surface area (TPSA) is 144 Å². The number of hydrogen-bond donors (Lipinski definition) is 1. The van der Waals surface area contributed by atoms with Crippen LogP contribution in [0.4, 0.5) is 0 Å². The Kier molecular flexibility index (Phi) is 9.34. The van der Waals surface area contributed by atoms with E-state index in [1.54, 1.807) is 30.3 Å². The Morgan fingerprint density at radius 1 is 0.818 bits per heavy atom. The van der Waals surface area contributed by atoms with Gasteiger partial charge in [-0.1, -0.05) is 30.3 Å². The second-order valence-electron chi connectivity index (χ2n) is 7.36.